The number of carbonyl (C=O) groups is 1. The number of aliphatic hydroxyl groups is 1. The fraction of sp³-hybridized carbons (Fsp3) is 0.394. The average molecular weight is 546 g/mol. The number of nitrogens with one attached hydrogen (secondary N) is 4. The molecule has 2 atom stereocenters. The number of hydrogen-bond donors (Lipinski definition) is 5. The molecule has 7 heteroatoms. The maximum absolute atomic E-state index is 12.5. The highest BCUT2D eigenvalue weighted by Gasteiger charge is 2.23. The predicted octanol–water partition coefficient (Wildman–Crippen LogP) is 5.13. The minimum atomic E-state index is -0.208. The van der Waals surface area contributed by atoms with Gasteiger partial charge in [-0.25, -0.2) is 5.43 Å². The zero-order valence-corrected chi connectivity index (χ0v) is 25.0. The van der Waals surface area contributed by atoms with Crippen LogP contribution in [-0.4, -0.2) is 36.9 Å². The Morgan fingerprint density at radius 1 is 1.23 bits per heavy atom. The lowest BCUT2D eigenvalue weighted by atomic mass is 9.97. The quantitative estimate of drug-likeness (QED) is 0.309. The van der Waals surface area contributed by atoms with E-state index >= 15 is 0 Å². The van der Waals surface area contributed by atoms with Crippen molar-refractivity contribution in [1.29, 1.82) is 0 Å². The molecule has 2 aliphatic carbocycles. The molecule has 2 heterocycles. The van der Waals surface area contributed by atoms with Crippen molar-refractivity contribution >= 4 is 12.1 Å². The number of amides is 1. The zero-order valence-electron chi connectivity index (χ0n) is 25.0. The van der Waals surface area contributed by atoms with Crippen LogP contribution in [0.25, 0.3) is 0 Å². The average Bonchev–Trinajstić information content (AvgIpc) is 3.23. The number of aliphatic imine (C=N–C) groups is 1. The van der Waals surface area contributed by atoms with Crippen molar-refractivity contribution in [3.63, 3.8) is 0 Å². The lowest BCUT2D eigenvalue weighted by Gasteiger charge is -2.19. The second-order valence-corrected chi connectivity index (χ2v) is 8.70. The highest BCUT2D eigenvalue weighted by atomic mass is 16.2. The molecule has 5 N–H and O–H groups in total. The molecule has 40 heavy (non-hydrogen) atoms. The van der Waals surface area contributed by atoms with Crippen LogP contribution in [0.15, 0.2) is 100 Å². The molecular weight excluding hydrogens is 498 g/mol. The lowest BCUT2D eigenvalue weighted by Crippen LogP contribution is -2.29. The van der Waals surface area contributed by atoms with E-state index < -0.39 is 0 Å². The maximum atomic E-state index is 12.5. The summed E-state index contributed by atoms with van der Waals surface area (Å²) >= 11 is 0. The van der Waals surface area contributed by atoms with Crippen LogP contribution in [0.3, 0.4) is 0 Å². The summed E-state index contributed by atoms with van der Waals surface area (Å²) in [5.41, 5.74) is 12.0. The molecule has 0 bridgehead atoms. The van der Waals surface area contributed by atoms with Crippen LogP contribution in [-0.2, 0) is 4.79 Å². The molecule has 2 unspecified atom stereocenters. The highest BCUT2D eigenvalue weighted by Crippen LogP contribution is 2.24. The van der Waals surface area contributed by atoms with E-state index in [0.29, 0.717) is 17.4 Å². The number of allylic oxidation sites excluding steroid dienone is 10. The van der Waals surface area contributed by atoms with Crippen molar-refractivity contribution in [2.75, 3.05) is 19.7 Å². The summed E-state index contributed by atoms with van der Waals surface area (Å²) in [6.45, 7) is 16.8. The summed E-state index contributed by atoms with van der Waals surface area (Å²) in [6, 6.07) is 0. The molecule has 1 amide bonds. The zero-order chi connectivity index (χ0) is 29.8. The number of hydrazine groups is 1. The van der Waals surface area contributed by atoms with E-state index in [1.54, 1.807) is 12.2 Å². The third-order valence-electron chi connectivity index (χ3n) is 5.74. The van der Waals surface area contributed by atoms with Crippen molar-refractivity contribution in [2.45, 2.75) is 54.4 Å². The molecule has 1 fully saturated rings. The van der Waals surface area contributed by atoms with Gasteiger partial charge in [-0.2, -0.15) is 0 Å². The third-order valence-corrected chi connectivity index (χ3v) is 5.74. The van der Waals surface area contributed by atoms with E-state index in [0.717, 1.165) is 36.5 Å². The van der Waals surface area contributed by atoms with Gasteiger partial charge in [0.15, 0.2) is 0 Å². The second kappa shape index (κ2) is 20.1. The van der Waals surface area contributed by atoms with Crippen LogP contribution in [0.2, 0.25) is 0 Å². The van der Waals surface area contributed by atoms with Gasteiger partial charge in [-0.3, -0.25) is 9.79 Å². The van der Waals surface area contributed by atoms with Gasteiger partial charge in [-0.05, 0) is 44.1 Å². The molecule has 2 aliphatic heterocycles. The molecule has 0 aromatic rings. The molecule has 7 nitrogen and oxygen atoms in total. The Bertz CT molecular complexity index is 1150. The number of carbonyl (C=O) groups excluding carboxylic acids is 1. The first-order valence-corrected chi connectivity index (χ1v) is 14.2. The Morgan fingerprint density at radius 2 is 2.00 bits per heavy atom. The Kier molecular flexibility index (Phi) is 17.2. The Labute approximate surface area is 241 Å². The van der Waals surface area contributed by atoms with Gasteiger partial charge in [0.05, 0.1) is 17.8 Å². The fourth-order valence-electron chi connectivity index (χ4n) is 3.97. The van der Waals surface area contributed by atoms with Crippen molar-refractivity contribution in [2.24, 2.45) is 16.8 Å². The fourth-order valence-corrected chi connectivity index (χ4v) is 3.97. The van der Waals surface area contributed by atoms with Crippen molar-refractivity contribution in [3.8, 4) is 11.8 Å². The summed E-state index contributed by atoms with van der Waals surface area (Å²) in [5, 5.41) is 14.8. The van der Waals surface area contributed by atoms with Gasteiger partial charge in [-0.15, -0.1) is 0 Å². The normalized spacial score (nSPS) is 20.1. The number of nitrogens with zero attached hydrogens (tertiary/aromatic N) is 1. The van der Waals surface area contributed by atoms with Gasteiger partial charge in [-0.1, -0.05) is 89.0 Å². The van der Waals surface area contributed by atoms with Crippen LogP contribution in [0.1, 0.15) is 54.4 Å². The van der Waals surface area contributed by atoms with Crippen LogP contribution < -0.4 is 21.5 Å². The molecule has 0 spiro atoms. The Balaban J connectivity index is 0.000000446. The summed E-state index contributed by atoms with van der Waals surface area (Å²) in [4.78, 5) is 16.7. The first kappa shape index (κ1) is 34.2. The molecule has 0 aromatic carbocycles. The second-order valence-electron chi connectivity index (χ2n) is 8.70. The lowest BCUT2D eigenvalue weighted by molar-refractivity contribution is -0.117. The number of aliphatic hydroxyl groups excluding tert-OH is 1. The maximum Gasteiger partial charge on any atom is 0.254 e. The molecule has 0 saturated carbocycles. The van der Waals surface area contributed by atoms with Gasteiger partial charge < -0.3 is 21.2 Å². The third kappa shape index (κ3) is 11.9. The molecular formula is C33H47N5O2. The van der Waals surface area contributed by atoms with Crippen molar-refractivity contribution in [3.05, 3.63) is 95.2 Å². The van der Waals surface area contributed by atoms with E-state index in [1.165, 1.54) is 11.3 Å². The van der Waals surface area contributed by atoms with E-state index in [-0.39, 0.29) is 19.1 Å². The van der Waals surface area contributed by atoms with Crippen LogP contribution in [0, 0.1) is 23.7 Å². The minimum absolute atomic E-state index is 0.194. The van der Waals surface area contributed by atoms with E-state index in [9.17, 15) is 4.79 Å². The molecule has 1 saturated heterocycles. The van der Waals surface area contributed by atoms with E-state index in [4.69, 9.17) is 5.11 Å². The Morgan fingerprint density at radius 3 is 2.73 bits per heavy atom. The molecule has 4 rings (SSSR count). The van der Waals surface area contributed by atoms with Crippen LogP contribution >= 0.6 is 0 Å². The number of fused-ring (bicyclic) bond motifs is 1. The standard InChI is InChI=1S/C19H22N4O2.C10H13N.2C2H6/c24-11-5-4-10-20-19(25)16-6-2-1-3-7-17(16)22-15-9-8-14-13-21-23-18(14)12-15;1-4-10-6-8(2)5-9(3)7-11-10;2*1-2/h1-2,6-7,9,12,14,21-24H,3,8,10-11,13H2,(H,20,25);4-7,9H,1H2,2-3H3;2*1-2H3. The van der Waals surface area contributed by atoms with Gasteiger partial charge in [0.2, 0.25) is 0 Å². The summed E-state index contributed by atoms with van der Waals surface area (Å²) in [7, 11) is 0. The monoisotopic (exact) mass is 545 g/mol. The van der Waals surface area contributed by atoms with Crippen molar-refractivity contribution < 1.29 is 9.90 Å². The van der Waals surface area contributed by atoms with Gasteiger partial charge in [0.25, 0.3) is 5.91 Å². The summed E-state index contributed by atoms with van der Waals surface area (Å²) in [5.74, 6) is 5.94. The van der Waals surface area contributed by atoms with Gasteiger partial charge in [0.1, 0.15) is 6.61 Å². The first-order valence-electron chi connectivity index (χ1n) is 14.2. The summed E-state index contributed by atoms with van der Waals surface area (Å²) in [6.07, 6.45) is 21.6. The van der Waals surface area contributed by atoms with Gasteiger partial charge in [0, 0.05) is 41.7 Å². The predicted molar refractivity (Wildman–Crippen MR) is 169 cm³/mol. The van der Waals surface area contributed by atoms with Gasteiger partial charge >= 0.3 is 0 Å². The molecule has 216 valence electrons. The van der Waals surface area contributed by atoms with Crippen LogP contribution in [0.4, 0.5) is 0 Å². The SMILES string of the molecule is C=CC1=CC(C)=CC(C)C=N1.CC.CC.O=C(NCC#CCO)C1=CC=CCC=C1NC1=CCC2CNNC2=C1. The Hall–Kier alpha value is -3.86. The topological polar surface area (TPSA) is 97.8 Å². The highest BCUT2D eigenvalue weighted by molar-refractivity contribution is 5.98. The van der Waals surface area contributed by atoms with Crippen molar-refractivity contribution in [1.82, 2.24) is 21.5 Å². The first-order chi connectivity index (χ1) is 19.5. The number of hydrogen-bond acceptors (Lipinski definition) is 6. The largest absolute Gasteiger partial charge is 0.384 e. The molecule has 0 radical (unpaired) electrons. The number of rotatable bonds is 5. The molecule has 4 aliphatic rings. The molecule has 0 aromatic heterocycles. The smallest absolute Gasteiger partial charge is 0.254 e. The van der Waals surface area contributed by atoms with Crippen LogP contribution in [0.5, 0.6) is 0 Å². The van der Waals surface area contributed by atoms with E-state index in [1.807, 2.05) is 58.2 Å². The minimum Gasteiger partial charge on any atom is -0.384 e. The summed E-state index contributed by atoms with van der Waals surface area (Å²) < 4.78 is 0. The van der Waals surface area contributed by atoms with E-state index in [2.05, 4.69) is 77.0 Å².